The van der Waals surface area contributed by atoms with Crippen LogP contribution in [0.2, 0.25) is 0 Å². The van der Waals surface area contributed by atoms with Crippen LogP contribution >= 0.6 is 0 Å². The van der Waals surface area contributed by atoms with Crippen molar-refractivity contribution in [1.82, 2.24) is 9.80 Å². The van der Waals surface area contributed by atoms with Crippen LogP contribution in [0, 0.1) is 0 Å². The number of benzene rings is 1. The Labute approximate surface area is 127 Å². The highest BCUT2D eigenvalue weighted by Gasteiger charge is 2.40. The molecule has 0 heterocycles. The molecule has 0 radical (unpaired) electrons. The molecule has 0 bridgehead atoms. The summed E-state index contributed by atoms with van der Waals surface area (Å²) in [5.41, 5.74) is 7.64. The number of likely N-dealkylation sites (N-methyl/N-ethyl adjacent to an activating group) is 2. The second-order valence-corrected chi connectivity index (χ2v) is 6.37. The second-order valence-electron chi connectivity index (χ2n) is 6.37. The van der Waals surface area contributed by atoms with Gasteiger partial charge in [-0.3, -0.25) is 4.79 Å². The van der Waals surface area contributed by atoms with Gasteiger partial charge < -0.3 is 15.5 Å². The fraction of sp³-hybridized carbons (Fsp3) is 0.588. The van der Waals surface area contributed by atoms with Gasteiger partial charge in [0.2, 0.25) is 0 Å². The van der Waals surface area contributed by atoms with E-state index in [0.29, 0.717) is 6.54 Å². The average Bonchev–Trinajstić information content (AvgIpc) is 2.42. The van der Waals surface area contributed by atoms with E-state index >= 15 is 0 Å². The van der Waals surface area contributed by atoms with E-state index in [2.05, 4.69) is 19.0 Å². The first-order valence-electron chi connectivity index (χ1n) is 7.70. The largest absolute Gasteiger partial charge is 0.340 e. The maximum atomic E-state index is 12.6. The second kappa shape index (κ2) is 6.58. The van der Waals surface area contributed by atoms with Crippen LogP contribution in [0.25, 0.3) is 0 Å². The Morgan fingerprint density at radius 3 is 2.52 bits per heavy atom. The lowest BCUT2D eigenvalue weighted by Crippen LogP contribution is -2.57. The maximum Gasteiger partial charge on any atom is 0.253 e. The SMILES string of the molecule is CN(CC1(N(C)C)CCC1)C(=O)c1cccc(CCN)c1. The third-order valence-electron chi connectivity index (χ3n) is 4.72. The van der Waals surface area contributed by atoms with Crippen LogP contribution in [-0.4, -0.2) is 55.5 Å². The van der Waals surface area contributed by atoms with Crippen molar-refractivity contribution in [1.29, 1.82) is 0 Å². The molecule has 1 amide bonds. The number of nitrogens with two attached hydrogens (primary N) is 1. The lowest BCUT2D eigenvalue weighted by molar-refractivity contribution is 0.0252. The first-order chi connectivity index (χ1) is 9.98. The minimum atomic E-state index is 0.0991. The molecule has 4 heteroatoms. The summed E-state index contributed by atoms with van der Waals surface area (Å²) >= 11 is 0. The third kappa shape index (κ3) is 3.44. The number of carbonyl (C=O) groups excluding carboxylic acids is 1. The zero-order valence-electron chi connectivity index (χ0n) is 13.4. The lowest BCUT2D eigenvalue weighted by Gasteiger charge is -2.49. The maximum absolute atomic E-state index is 12.6. The first-order valence-corrected chi connectivity index (χ1v) is 7.70. The summed E-state index contributed by atoms with van der Waals surface area (Å²) in [6.07, 6.45) is 4.41. The Hall–Kier alpha value is -1.39. The summed E-state index contributed by atoms with van der Waals surface area (Å²) in [7, 11) is 6.13. The Morgan fingerprint density at radius 1 is 1.29 bits per heavy atom. The fourth-order valence-electron chi connectivity index (χ4n) is 3.09. The Kier molecular flexibility index (Phi) is 5.01. The Bertz CT molecular complexity index is 495. The number of rotatable bonds is 6. The predicted molar refractivity (Wildman–Crippen MR) is 86.4 cm³/mol. The van der Waals surface area contributed by atoms with Gasteiger partial charge in [-0.15, -0.1) is 0 Å². The molecule has 1 aliphatic carbocycles. The minimum Gasteiger partial charge on any atom is -0.340 e. The number of hydrogen-bond donors (Lipinski definition) is 1. The Balaban J connectivity index is 2.07. The van der Waals surface area contributed by atoms with Crippen LogP contribution in [0.15, 0.2) is 24.3 Å². The summed E-state index contributed by atoms with van der Waals surface area (Å²) < 4.78 is 0. The van der Waals surface area contributed by atoms with Crippen LogP contribution < -0.4 is 5.73 Å². The number of carbonyl (C=O) groups is 1. The van der Waals surface area contributed by atoms with Crippen LogP contribution in [-0.2, 0) is 6.42 Å². The van der Waals surface area contributed by atoms with Crippen molar-refractivity contribution in [2.75, 3.05) is 34.2 Å². The lowest BCUT2D eigenvalue weighted by atomic mass is 9.75. The first kappa shape index (κ1) is 16.0. The van der Waals surface area contributed by atoms with Crippen molar-refractivity contribution in [2.24, 2.45) is 5.73 Å². The van der Waals surface area contributed by atoms with Crippen LogP contribution in [0.5, 0.6) is 0 Å². The smallest absolute Gasteiger partial charge is 0.253 e. The van der Waals surface area contributed by atoms with Crippen molar-refractivity contribution in [3.05, 3.63) is 35.4 Å². The average molecular weight is 289 g/mol. The molecule has 2 N–H and O–H groups in total. The van der Waals surface area contributed by atoms with E-state index in [0.717, 1.165) is 24.1 Å². The molecule has 116 valence electrons. The van der Waals surface area contributed by atoms with E-state index in [4.69, 9.17) is 5.73 Å². The highest BCUT2D eigenvalue weighted by molar-refractivity contribution is 5.94. The molecule has 2 rings (SSSR count). The summed E-state index contributed by atoms with van der Waals surface area (Å²) in [6, 6.07) is 7.82. The zero-order valence-corrected chi connectivity index (χ0v) is 13.4. The summed E-state index contributed by atoms with van der Waals surface area (Å²) in [5, 5.41) is 0. The van der Waals surface area contributed by atoms with E-state index in [9.17, 15) is 4.79 Å². The minimum absolute atomic E-state index is 0.0991. The molecule has 1 fully saturated rings. The van der Waals surface area contributed by atoms with Crippen molar-refractivity contribution in [3.63, 3.8) is 0 Å². The van der Waals surface area contributed by atoms with Gasteiger partial charge in [-0.25, -0.2) is 0 Å². The fourth-order valence-corrected chi connectivity index (χ4v) is 3.09. The van der Waals surface area contributed by atoms with Crippen molar-refractivity contribution >= 4 is 5.91 Å². The molecule has 1 aliphatic rings. The van der Waals surface area contributed by atoms with Crippen molar-refractivity contribution in [3.8, 4) is 0 Å². The van der Waals surface area contributed by atoms with Crippen molar-refractivity contribution in [2.45, 2.75) is 31.2 Å². The standard InChI is InChI=1S/C17H27N3O/c1-19(2)17(9-5-10-17)13-20(3)16(21)15-7-4-6-14(12-15)8-11-18/h4,6-7,12H,5,8-11,13,18H2,1-3H3. The zero-order chi connectivity index (χ0) is 15.5. The summed E-state index contributed by atoms with van der Waals surface area (Å²) in [4.78, 5) is 16.7. The molecule has 1 saturated carbocycles. The van der Waals surface area contributed by atoms with E-state index in [-0.39, 0.29) is 11.4 Å². The topological polar surface area (TPSA) is 49.6 Å². The van der Waals surface area contributed by atoms with Gasteiger partial charge in [0.15, 0.2) is 0 Å². The predicted octanol–water partition coefficient (Wildman–Crippen LogP) is 1.74. The quantitative estimate of drug-likeness (QED) is 0.868. The number of hydrogen-bond acceptors (Lipinski definition) is 3. The van der Waals surface area contributed by atoms with Crippen molar-refractivity contribution < 1.29 is 4.79 Å². The van der Waals surface area contributed by atoms with Gasteiger partial charge in [-0.2, -0.15) is 0 Å². The molecule has 1 aromatic carbocycles. The number of nitrogens with zero attached hydrogens (tertiary/aromatic N) is 2. The Morgan fingerprint density at radius 2 is 2.00 bits per heavy atom. The summed E-state index contributed by atoms with van der Waals surface area (Å²) in [6.45, 7) is 1.40. The molecular formula is C17H27N3O. The van der Waals surface area contributed by atoms with Gasteiger partial charge in [0, 0.05) is 24.7 Å². The molecule has 1 aromatic rings. The highest BCUT2D eigenvalue weighted by Crippen LogP contribution is 2.36. The third-order valence-corrected chi connectivity index (χ3v) is 4.72. The van der Waals surface area contributed by atoms with E-state index in [1.807, 2.05) is 36.2 Å². The molecule has 0 aromatic heterocycles. The molecule has 0 unspecified atom stereocenters. The van der Waals surface area contributed by atoms with E-state index < -0.39 is 0 Å². The molecule has 0 atom stereocenters. The van der Waals surface area contributed by atoms with Gasteiger partial charge in [0.05, 0.1) is 0 Å². The van der Waals surface area contributed by atoms with E-state index in [1.165, 1.54) is 19.3 Å². The molecule has 21 heavy (non-hydrogen) atoms. The van der Waals surface area contributed by atoms with Gasteiger partial charge in [-0.05, 0) is 64.0 Å². The normalized spacial score (nSPS) is 16.6. The molecule has 0 aliphatic heterocycles. The van der Waals surface area contributed by atoms with Crippen LogP contribution in [0.3, 0.4) is 0 Å². The molecule has 0 saturated heterocycles. The summed E-state index contributed by atoms with van der Waals surface area (Å²) in [5.74, 6) is 0.0991. The van der Waals surface area contributed by atoms with Gasteiger partial charge in [-0.1, -0.05) is 12.1 Å². The van der Waals surface area contributed by atoms with E-state index in [1.54, 1.807) is 0 Å². The van der Waals surface area contributed by atoms with Crippen LogP contribution in [0.1, 0.15) is 35.2 Å². The molecule has 0 spiro atoms. The monoisotopic (exact) mass is 289 g/mol. The highest BCUT2D eigenvalue weighted by atomic mass is 16.2. The molecular weight excluding hydrogens is 262 g/mol. The van der Waals surface area contributed by atoms with Gasteiger partial charge in [0.1, 0.15) is 0 Å². The molecule has 4 nitrogen and oxygen atoms in total. The van der Waals surface area contributed by atoms with Gasteiger partial charge in [0.25, 0.3) is 5.91 Å². The number of amides is 1. The van der Waals surface area contributed by atoms with Gasteiger partial charge >= 0.3 is 0 Å². The van der Waals surface area contributed by atoms with Crippen LogP contribution in [0.4, 0.5) is 0 Å².